The predicted octanol–water partition coefficient (Wildman–Crippen LogP) is 4.32. The first-order valence-corrected chi connectivity index (χ1v) is 10.4. The molecule has 2 aromatic carbocycles. The number of ether oxygens (including phenoxy) is 3. The van der Waals surface area contributed by atoms with Crippen molar-refractivity contribution in [2.24, 2.45) is 0 Å². The van der Waals surface area contributed by atoms with E-state index in [9.17, 15) is 14.4 Å². The normalized spacial score (nSPS) is 13.6. The average Bonchev–Trinajstić information content (AvgIpc) is 2.83. The van der Waals surface area contributed by atoms with Crippen molar-refractivity contribution in [1.82, 2.24) is 4.90 Å². The minimum Gasteiger partial charge on any atom is -0.463 e. The van der Waals surface area contributed by atoms with E-state index in [0.717, 1.165) is 10.5 Å². The summed E-state index contributed by atoms with van der Waals surface area (Å²) in [6, 6.07) is 18.2. The monoisotopic (exact) mass is 435 g/mol. The lowest BCUT2D eigenvalue weighted by Crippen LogP contribution is -2.32. The van der Waals surface area contributed by atoms with Crippen molar-refractivity contribution in [1.29, 1.82) is 0 Å². The zero-order valence-electron chi connectivity index (χ0n) is 18.0. The highest BCUT2D eigenvalue weighted by Crippen LogP contribution is 2.37. The van der Waals surface area contributed by atoms with E-state index in [1.54, 1.807) is 38.1 Å². The lowest BCUT2D eigenvalue weighted by atomic mass is 9.83. The van der Waals surface area contributed by atoms with Crippen LogP contribution in [0.4, 0.5) is 4.79 Å². The third-order valence-corrected chi connectivity index (χ3v) is 4.75. The second-order valence-electron chi connectivity index (χ2n) is 6.90. The molecule has 2 aromatic rings. The van der Waals surface area contributed by atoms with Gasteiger partial charge in [-0.1, -0.05) is 60.7 Å². The Balaban J connectivity index is 1.97. The number of nitrogens with zero attached hydrogens (tertiary/aromatic N) is 1. The van der Waals surface area contributed by atoms with Crippen LogP contribution in [0.5, 0.6) is 0 Å². The largest absolute Gasteiger partial charge is 0.463 e. The number of esters is 2. The fourth-order valence-corrected chi connectivity index (χ4v) is 3.33. The van der Waals surface area contributed by atoms with E-state index in [1.807, 2.05) is 36.4 Å². The second kappa shape index (κ2) is 10.9. The van der Waals surface area contributed by atoms with E-state index in [4.69, 9.17) is 14.2 Å². The van der Waals surface area contributed by atoms with Crippen LogP contribution in [0.25, 0.3) is 0 Å². The first-order chi connectivity index (χ1) is 15.5. The second-order valence-corrected chi connectivity index (χ2v) is 6.90. The molecule has 1 aliphatic heterocycles. The van der Waals surface area contributed by atoms with Crippen LogP contribution in [0.15, 0.2) is 84.2 Å². The van der Waals surface area contributed by atoms with Crippen molar-refractivity contribution >= 4 is 18.0 Å². The van der Waals surface area contributed by atoms with E-state index in [0.29, 0.717) is 5.56 Å². The third kappa shape index (κ3) is 5.43. The summed E-state index contributed by atoms with van der Waals surface area (Å²) in [4.78, 5) is 39.5. The Hall–Kier alpha value is -3.87. The standard InChI is InChI=1S/C25H25NO6/c1-3-30-23(27)20-15-26(25(29)32-17-18-11-7-5-8-12-18)16-21(24(28)31-4-2)22(20)19-13-9-6-10-14-19/h5-16,22H,3-4,17H2,1-2H3. The smallest absolute Gasteiger partial charge is 0.418 e. The number of benzene rings is 2. The first kappa shape index (κ1) is 22.8. The van der Waals surface area contributed by atoms with Crippen molar-refractivity contribution < 1.29 is 28.6 Å². The van der Waals surface area contributed by atoms with Gasteiger partial charge in [0.1, 0.15) is 6.61 Å². The van der Waals surface area contributed by atoms with E-state index < -0.39 is 23.9 Å². The van der Waals surface area contributed by atoms with Crippen LogP contribution >= 0.6 is 0 Å². The SMILES string of the molecule is CCOC(=O)C1=CN(C(=O)OCc2ccccc2)C=C(C(=O)OCC)C1c1ccccc1. The van der Waals surface area contributed by atoms with Crippen LogP contribution in [0.1, 0.15) is 30.9 Å². The third-order valence-electron chi connectivity index (χ3n) is 4.75. The number of rotatable bonds is 7. The fourth-order valence-electron chi connectivity index (χ4n) is 3.33. The molecule has 0 radical (unpaired) electrons. The summed E-state index contributed by atoms with van der Waals surface area (Å²) in [6.45, 7) is 3.71. The molecular weight excluding hydrogens is 410 g/mol. The maximum atomic E-state index is 12.8. The maximum absolute atomic E-state index is 12.8. The van der Waals surface area contributed by atoms with Gasteiger partial charge in [-0.05, 0) is 25.0 Å². The van der Waals surface area contributed by atoms with Gasteiger partial charge in [-0.15, -0.1) is 0 Å². The molecule has 0 aromatic heterocycles. The van der Waals surface area contributed by atoms with E-state index in [2.05, 4.69) is 0 Å². The van der Waals surface area contributed by atoms with Crippen molar-refractivity contribution in [2.45, 2.75) is 26.4 Å². The molecule has 0 aliphatic carbocycles. The van der Waals surface area contributed by atoms with E-state index >= 15 is 0 Å². The average molecular weight is 435 g/mol. The molecule has 3 rings (SSSR count). The highest BCUT2D eigenvalue weighted by Gasteiger charge is 2.37. The number of carbonyl (C=O) groups excluding carboxylic acids is 3. The molecule has 0 saturated carbocycles. The van der Waals surface area contributed by atoms with Crippen molar-refractivity contribution in [3.8, 4) is 0 Å². The van der Waals surface area contributed by atoms with Crippen molar-refractivity contribution in [2.75, 3.05) is 13.2 Å². The van der Waals surface area contributed by atoms with Crippen molar-refractivity contribution in [3.63, 3.8) is 0 Å². The Labute approximate surface area is 186 Å². The van der Waals surface area contributed by atoms with Crippen LogP contribution < -0.4 is 0 Å². The van der Waals surface area contributed by atoms with Gasteiger partial charge in [0.05, 0.1) is 30.3 Å². The molecule has 0 spiro atoms. The van der Waals surface area contributed by atoms with Gasteiger partial charge in [-0.2, -0.15) is 0 Å². The van der Waals surface area contributed by atoms with Gasteiger partial charge < -0.3 is 14.2 Å². The molecule has 0 atom stereocenters. The zero-order chi connectivity index (χ0) is 22.9. The Bertz CT molecular complexity index is 977. The minimum atomic E-state index is -0.743. The van der Waals surface area contributed by atoms with E-state index in [1.165, 1.54) is 12.4 Å². The number of hydrogen-bond donors (Lipinski definition) is 0. The lowest BCUT2D eigenvalue weighted by Gasteiger charge is -2.29. The lowest BCUT2D eigenvalue weighted by molar-refractivity contribution is -0.139. The van der Waals surface area contributed by atoms with Crippen LogP contribution in [-0.4, -0.2) is 36.1 Å². The molecule has 7 heteroatoms. The quantitative estimate of drug-likeness (QED) is 0.476. The topological polar surface area (TPSA) is 82.1 Å². The summed E-state index contributed by atoms with van der Waals surface area (Å²) in [7, 11) is 0. The Morgan fingerprint density at radius 3 is 1.75 bits per heavy atom. The van der Waals surface area contributed by atoms with Crippen LogP contribution in [0.2, 0.25) is 0 Å². The van der Waals surface area contributed by atoms with Crippen LogP contribution in [0.3, 0.4) is 0 Å². The van der Waals surface area contributed by atoms with Gasteiger partial charge >= 0.3 is 18.0 Å². The molecule has 1 amide bonds. The minimum absolute atomic E-state index is 0.0451. The summed E-state index contributed by atoms with van der Waals surface area (Å²) in [5.74, 6) is -2.00. The molecule has 7 nitrogen and oxygen atoms in total. The molecule has 0 bridgehead atoms. The van der Waals surface area contributed by atoms with E-state index in [-0.39, 0.29) is 31.0 Å². The Morgan fingerprint density at radius 2 is 1.25 bits per heavy atom. The summed E-state index contributed by atoms with van der Waals surface area (Å²) < 4.78 is 15.8. The number of carbonyl (C=O) groups is 3. The highest BCUT2D eigenvalue weighted by atomic mass is 16.6. The fraction of sp³-hybridized carbons (Fsp3) is 0.240. The molecule has 1 heterocycles. The zero-order valence-corrected chi connectivity index (χ0v) is 18.0. The molecule has 1 aliphatic rings. The number of amides is 1. The van der Waals surface area contributed by atoms with Crippen LogP contribution in [0, 0.1) is 0 Å². The predicted molar refractivity (Wildman–Crippen MR) is 117 cm³/mol. The molecule has 0 unspecified atom stereocenters. The van der Waals surface area contributed by atoms with Crippen LogP contribution in [-0.2, 0) is 30.4 Å². The summed E-state index contributed by atoms with van der Waals surface area (Å²) in [6.07, 6.45) is 1.97. The van der Waals surface area contributed by atoms with Crippen molar-refractivity contribution in [3.05, 3.63) is 95.3 Å². The van der Waals surface area contributed by atoms with Gasteiger partial charge in [0.25, 0.3) is 0 Å². The first-order valence-electron chi connectivity index (χ1n) is 10.4. The molecule has 0 saturated heterocycles. The Kier molecular flexibility index (Phi) is 7.80. The van der Waals surface area contributed by atoms with Gasteiger partial charge in [-0.25, -0.2) is 14.4 Å². The summed E-state index contributed by atoms with van der Waals surface area (Å²) in [5.41, 5.74) is 1.79. The molecule has 32 heavy (non-hydrogen) atoms. The highest BCUT2D eigenvalue weighted by molar-refractivity contribution is 5.99. The Morgan fingerprint density at radius 1 is 0.750 bits per heavy atom. The van der Waals surface area contributed by atoms with Gasteiger partial charge in [0.15, 0.2) is 0 Å². The maximum Gasteiger partial charge on any atom is 0.418 e. The molecule has 166 valence electrons. The summed E-state index contributed by atoms with van der Waals surface area (Å²) >= 11 is 0. The van der Waals surface area contributed by atoms with Gasteiger partial charge in [0, 0.05) is 12.4 Å². The molecular formula is C25H25NO6. The summed E-state index contributed by atoms with van der Waals surface area (Å²) in [5, 5.41) is 0. The van der Waals surface area contributed by atoms with Gasteiger partial charge in [-0.3, -0.25) is 4.90 Å². The van der Waals surface area contributed by atoms with Gasteiger partial charge in [0.2, 0.25) is 0 Å². The molecule has 0 fully saturated rings. The molecule has 0 N–H and O–H groups in total. The number of hydrogen-bond acceptors (Lipinski definition) is 6.